The molecular weight excluding hydrogens is 508 g/mol. The Labute approximate surface area is 235 Å². The van der Waals surface area contributed by atoms with Crippen molar-refractivity contribution in [3.63, 3.8) is 0 Å². The van der Waals surface area contributed by atoms with E-state index in [1.807, 2.05) is 19.1 Å². The molecule has 2 aromatic rings. The Balaban J connectivity index is 1.97. The molecule has 6 nitrogen and oxygen atoms in total. The first-order valence-corrected chi connectivity index (χ1v) is 15.4. The van der Waals surface area contributed by atoms with Gasteiger partial charge in [0.05, 0.1) is 11.2 Å². The predicted octanol–water partition coefficient (Wildman–Crippen LogP) is 7.12. The van der Waals surface area contributed by atoms with Gasteiger partial charge in [-0.25, -0.2) is 0 Å². The van der Waals surface area contributed by atoms with Crippen molar-refractivity contribution in [1.29, 1.82) is 0 Å². The summed E-state index contributed by atoms with van der Waals surface area (Å²) in [6.45, 7) is 13.6. The number of ether oxygens (including phenoxy) is 1. The second-order valence-electron chi connectivity index (χ2n) is 11.2. The van der Waals surface area contributed by atoms with Crippen molar-refractivity contribution >= 4 is 27.2 Å². The van der Waals surface area contributed by atoms with Crippen LogP contribution in [-0.2, 0) is 15.5 Å². The predicted molar refractivity (Wildman–Crippen MR) is 163 cm³/mol. The summed E-state index contributed by atoms with van der Waals surface area (Å²) >= 11 is 0. The Hall–Kier alpha value is -2.90. The minimum Gasteiger partial charge on any atom is -0.461 e. The van der Waals surface area contributed by atoms with Gasteiger partial charge < -0.3 is 9.64 Å². The van der Waals surface area contributed by atoms with E-state index in [-0.39, 0.29) is 11.2 Å². The van der Waals surface area contributed by atoms with E-state index in [1.54, 1.807) is 0 Å². The standard InChI is InChI=1S/C32H44N2O4S/c1-9-14-26(25(4)38-30-19-18-28(33(7)8)23(2)24(30)3)17-20-31-32(5,6)27-15-10-11-16-29(27)34(31)21-12-13-22-39(35,36)37/h10-11,15-20H,9,12-14,21-22H2,1-8H3/p+1. The van der Waals surface area contributed by atoms with E-state index in [1.165, 1.54) is 22.5 Å². The monoisotopic (exact) mass is 553 g/mol. The molecule has 0 atom stereocenters. The molecule has 0 fully saturated rings. The molecule has 0 spiro atoms. The van der Waals surface area contributed by atoms with Crippen molar-refractivity contribution in [2.45, 2.75) is 72.6 Å². The number of unbranched alkanes of at least 4 members (excludes halogenated alkanes) is 1. The van der Waals surface area contributed by atoms with E-state index in [4.69, 9.17) is 9.29 Å². The van der Waals surface area contributed by atoms with Crippen molar-refractivity contribution < 1.29 is 22.3 Å². The molecule has 0 saturated carbocycles. The van der Waals surface area contributed by atoms with E-state index in [2.05, 4.69) is 94.6 Å². The van der Waals surface area contributed by atoms with Crippen LogP contribution in [0.2, 0.25) is 0 Å². The minimum absolute atomic E-state index is 0.210. The van der Waals surface area contributed by atoms with E-state index < -0.39 is 10.1 Å². The van der Waals surface area contributed by atoms with Crippen LogP contribution in [0.3, 0.4) is 0 Å². The van der Waals surface area contributed by atoms with Gasteiger partial charge in [0.15, 0.2) is 5.71 Å². The SMILES string of the molecule is CCCC(C=CC1=[N+](CCCCS(=O)(=O)O)c2ccccc2C1(C)C)=C(C)Oc1ccc(N(C)C)c(C)c1C. The molecule has 0 saturated heterocycles. The third kappa shape index (κ3) is 7.20. The quantitative estimate of drug-likeness (QED) is 0.0996. The average Bonchev–Trinajstić information content (AvgIpc) is 3.07. The topological polar surface area (TPSA) is 69.8 Å². The summed E-state index contributed by atoms with van der Waals surface area (Å²) in [5, 5.41) is 0. The summed E-state index contributed by atoms with van der Waals surface area (Å²) in [4.78, 5) is 2.12. The van der Waals surface area contributed by atoms with Crippen LogP contribution >= 0.6 is 0 Å². The number of hydrogen-bond donors (Lipinski definition) is 1. The van der Waals surface area contributed by atoms with Crippen LogP contribution in [0.15, 0.2) is 59.9 Å². The zero-order valence-corrected chi connectivity index (χ0v) is 25.7. The number of para-hydroxylation sites is 1. The van der Waals surface area contributed by atoms with Crippen LogP contribution in [0, 0.1) is 13.8 Å². The maximum Gasteiger partial charge on any atom is 0.264 e. The first kappa shape index (κ1) is 30.6. The van der Waals surface area contributed by atoms with Gasteiger partial charge in [-0.3, -0.25) is 4.55 Å². The molecule has 0 bridgehead atoms. The highest BCUT2D eigenvalue weighted by Gasteiger charge is 2.43. The molecule has 0 aromatic heterocycles. The lowest BCUT2D eigenvalue weighted by atomic mass is 9.81. The van der Waals surface area contributed by atoms with Crippen molar-refractivity contribution in [3.8, 4) is 5.75 Å². The van der Waals surface area contributed by atoms with Crippen molar-refractivity contribution in [2.24, 2.45) is 0 Å². The Morgan fingerprint density at radius 1 is 1.08 bits per heavy atom. The smallest absolute Gasteiger partial charge is 0.264 e. The summed E-state index contributed by atoms with van der Waals surface area (Å²) < 4.78 is 40.3. The molecule has 1 heterocycles. The molecule has 7 heteroatoms. The van der Waals surface area contributed by atoms with Crippen molar-refractivity contribution in [1.82, 2.24) is 0 Å². The highest BCUT2D eigenvalue weighted by molar-refractivity contribution is 7.85. The summed E-state index contributed by atoms with van der Waals surface area (Å²) in [5.41, 5.74) is 8.04. The molecule has 3 rings (SSSR count). The highest BCUT2D eigenvalue weighted by Crippen LogP contribution is 2.40. The normalized spacial score (nSPS) is 15.5. The number of nitrogens with zero attached hydrogens (tertiary/aromatic N) is 2. The van der Waals surface area contributed by atoms with Gasteiger partial charge in [-0.2, -0.15) is 13.0 Å². The fraction of sp³-hybridized carbons (Fsp3) is 0.469. The van der Waals surface area contributed by atoms with E-state index in [9.17, 15) is 8.42 Å². The summed E-state index contributed by atoms with van der Waals surface area (Å²) in [6.07, 6.45) is 7.34. The maximum absolute atomic E-state index is 11.2. The Morgan fingerprint density at radius 3 is 2.41 bits per heavy atom. The molecule has 0 unspecified atom stereocenters. The average molecular weight is 554 g/mol. The van der Waals surface area contributed by atoms with Gasteiger partial charge in [-0.15, -0.1) is 0 Å². The summed E-state index contributed by atoms with van der Waals surface area (Å²) in [6, 6.07) is 12.6. The van der Waals surface area contributed by atoms with Gasteiger partial charge in [0, 0.05) is 43.9 Å². The summed E-state index contributed by atoms with van der Waals surface area (Å²) in [7, 11) is 0.149. The minimum atomic E-state index is -3.95. The third-order valence-corrected chi connectivity index (χ3v) is 8.51. The number of allylic oxidation sites excluding steroid dienone is 4. The van der Waals surface area contributed by atoms with Crippen LogP contribution in [-0.4, -0.2) is 49.7 Å². The number of fused-ring (bicyclic) bond motifs is 1. The first-order valence-electron chi connectivity index (χ1n) is 13.8. The molecule has 2 aromatic carbocycles. The van der Waals surface area contributed by atoms with Crippen molar-refractivity contribution in [2.75, 3.05) is 31.3 Å². The lowest BCUT2D eigenvalue weighted by molar-refractivity contribution is -0.438. The molecule has 212 valence electrons. The lowest BCUT2D eigenvalue weighted by Crippen LogP contribution is -2.28. The zero-order valence-electron chi connectivity index (χ0n) is 24.8. The van der Waals surface area contributed by atoms with Crippen LogP contribution in [0.4, 0.5) is 11.4 Å². The Morgan fingerprint density at radius 2 is 1.77 bits per heavy atom. The van der Waals surface area contributed by atoms with E-state index in [0.29, 0.717) is 19.4 Å². The number of anilines is 1. The van der Waals surface area contributed by atoms with Gasteiger partial charge in [-0.1, -0.05) is 31.5 Å². The van der Waals surface area contributed by atoms with Crippen LogP contribution in [0.1, 0.15) is 70.1 Å². The molecular formula is C32H45N2O4S+. The zero-order chi connectivity index (χ0) is 29.0. The number of rotatable bonds is 12. The van der Waals surface area contributed by atoms with E-state index in [0.717, 1.165) is 41.2 Å². The molecule has 0 amide bonds. The number of benzene rings is 2. The number of hydrogen-bond acceptors (Lipinski definition) is 4. The van der Waals surface area contributed by atoms with Crippen LogP contribution in [0.25, 0.3) is 0 Å². The van der Waals surface area contributed by atoms with E-state index >= 15 is 0 Å². The molecule has 1 N–H and O–H groups in total. The Kier molecular flexibility index (Phi) is 9.83. The fourth-order valence-electron chi connectivity index (χ4n) is 5.37. The molecule has 39 heavy (non-hydrogen) atoms. The molecule has 1 aliphatic heterocycles. The van der Waals surface area contributed by atoms with Gasteiger partial charge >= 0.3 is 0 Å². The van der Waals surface area contributed by atoms with Gasteiger partial charge in [0.1, 0.15) is 18.1 Å². The first-order chi connectivity index (χ1) is 18.3. The van der Waals surface area contributed by atoms with Crippen LogP contribution < -0.4 is 9.64 Å². The molecule has 1 aliphatic rings. The van der Waals surface area contributed by atoms with Gasteiger partial charge in [0.25, 0.3) is 10.1 Å². The van der Waals surface area contributed by atoms with Gasteiger partial charge in [-0.05, 0) is 82.4 Å². The van der Waals surface area contributed by atoms with Gasteiger partial charge in [0.2, 0.25) is 5.69 Å². The van der Waals surface area contributed by atoms with Crippen LogP contribution in [0.5, 0.6) is 5.75 Å². The highest BCUT2D eigenvalue weighted by atomic mass is 32.2. The van der Waals surface area contributed by atoms with Crippen molar-refractivity contribution in [3.05, 3.63) is 76.6 Å². The molecule has 0 aliphatic carbocycles. The maximum atomic E-state index is 11.2. The Bertz CT molecular complexity index is 1400. The lowest BCUT2D eigenvalue weighted by Gasteiger charge is -2.20. The summed E-state index contributed by atoms with van der Waals surface area (Å²) in [5.74, 6) is 1.55. The fourth-order valence-corrected chi connectivity index (χ4v) is 5.94. The second kappa shape index (κ2) is 12.5. The largest absolute Gasteiger partial charge is 0.461 e. The second-order valence-corrected chi connectivity index (χ2v) is 12.7. The third-order valence-electron chi connectivity index (χ3n) is 7.70. The molecule has 0 radical (unpaired) electrons.